The summed E-state index contributed by atoms with van der Waals surface area (Å²) in [6, 6.07) is 0. The molecule has 0 aromatic heterocycles. The van der Waals surface area contributed by atoms with E-state index in [9.17, 15) is 24.3 Å². The zero-order valence-corrected chi connectivity index (χ0v) is 27.5. The number of aliphatic carboxylic acids is 1. The first-order chi connectivity index (χ1) is 20.2. The molecule has 3 aliphatic rings. The second-order valence-corrected chi connectivity index (χ2v) is 14.9. The van der Waals surface area contributed by atoms with Crippen LogP contribution in [0, 0.1) is 29.6 Å². The van der Waals surface area contributed by atoms with E-state index in [4.69, 9.17) is 9.47 Å². The highest BCUT2D eigenvalue weighted by atomic mass is 16.5. The highest BCUT2D eigenvalue weighted by Gasteiger charge is 2.41. The molecule has 244 valence electrons. The SMILES string of the molecule is CCC(CC(CC(C)C(=O)O)C(=O)OC1CC(C)(C)NC(C)(C)C1)C(=O)OC1CCC(/C=C/C(=O)C2CCCCC2)CC1. The number of carbonyl (C=O) groups is 4. The van der Waals surface area contributed by atoms with Crippen molar-refractivity contribution in [3.05, 3.63) is 12.2 Å². The second-order valence-electron chi connectivity index (χ2n) is 14.9. The number of carboxylic acids is 1. The lowest BCUT2D eigenvalue weighted by Gasteiger charge is -2.46. The predicted molar refractivity (Wildman–Crippen MR) is 166 cm³/mol. The fraction of sp³-hybridized carbons (Fsp3) is 0.829. The van der Waals surface area contributed by atoms with Crippen LogP contribution in [0.5, 0.6) is 0 Å². The highest BCUT2D eigenvalue weighted by Crippen LogP contribution is 2.34. The van der Waals surface area contributed by atoms with Crippen LogP contribution in [0.2, 0.25) is 0 Å². The summed E-state index contributed by atoms with van der Waals surface area (Å²) in [6.45, 7) is 11.8. The Kier molecular flexibility index (Phi) is 12.9. The molecule has 0 amide bonds. The Morgan fingerprint density at radius 1 is 0.814 bits per heavy atom. The molecule has 0 aromatic rings. The van der Waals surface area contributed by atoms with E-state index in [0.717, 1.165) is 51.4 Å². The zero-order valence-electron chi connectivity index (χ0n) is 27.5. The van der Waals surface area contributed by atoms with Crippen LogP contribution in [0.15, 0.2) is 12.2 Å². The molecule has 2 aliphatic carbocycles. The number of allylic oxidation sites excluding steroid dienone is 2. The smallest absolute Gasteiger partial charge is 0.309 e. The Morgan fingerprint density at radius 2 is 1.37 bits per heavy atom. The highest BCUT2D eigenvalue weighted by molar-refractivity contribution is 5.91. The summed E-state index contributed by atoms with van der Waals surface area (Å²) in [4.78, 5) is 51.0. The second kappa shape index (κ2) is 15.7. The first kappa shape index (κ1) is 35.3. The Balaban J connectivity index is 1.55. The van der Waals surface area contributed by atoms with Crippen LogP contribution in [-0.2, 0) is 28.7 Å². The van der Waals surface area contributed by atoms with Crippen molar-refractivity contribution in [2.24, 2.45) is 29.6 Å². The molecule has 3 fully saturated rings. The van der Waals surface area contributed by atoms with Crippen LogP contribution < -0.4 is 5.32 Å². The van der Waals surface area contributed by atoms with Gasteiger partial charge in [0, 0.05) is 29.8 Å². The molecule has 1 aliphatic heterocycles. The predicted octanol–water partition coefficient (Wildman–Crippen LogP) is 6.79. The van der Waals surface area contributed by atoms with Gasteiger partial charge in [0.15, 0.2) is 5.78 Å². The van der Waals surface area contributed by atoms with Gasteiger partial charge in [-0.05, 0) is 97.5 Å². The Labute approximate surface area is 259 Å². The number of carboxylic acid groups (broad SMARTS) is 1. The van der Waals surface area contributed by atoms with Crippen LogP contribution in [0.4, 0.5) is 0 Å². The van der Waals surface area contributed by atoms with Crippen molar-refractivity contribution in [1.82, 2.24) is 5.32 Å². The molecule has 1 heterocycles. The van der Waals surface area contributed by atoms with Gasteiger partial charge in [-0.1, -0.05) is 39.2 Å². The van der Waals surface area contributed by atoms with Crippen molar-refractivity contribution in [1.29, 1.82) is 0 Å². The average molecular weight is 604 g/mol. The minimum Gasteiger partial charge on any atom is -0.481 e. The molecule has 8 heteroatoms. The third-order valence-electron chi connectivity index (χ3n) is 9.77. The molecule has 0 spiro atoms. The number of ether oxygens (including phenoxy) is 2. The van der Waals surface area contributed by atoms with Crippen molar-refractivity contribution in [3.8, 4) is 0 Å². The normalized spacial score (nSPS) is 26.7. The minimum atomic E-state index is -0.969. The van der Waals surface area contributed by atoms with Crippen molar-refractivity contribution in [2.45, 2.75) is 155 Å². The number of hydrogen-bond acceptors (Lipinski definition) is 7. The van der Waals surface area contributed by atoms with Gasteiger partial charge in [-0.2, -0.15) is 0 Å². The first-order valence-corrected chi connectivity index (χ1v) is 16.8. The van der Waals surface area contributed by atoms with Gasteiger partial charge in [-0.15, -0.1) is 0 Å². The fourth-order valence-electron chi connectivity index (χ4n) is 7.58. The molecule has 43 heavy (non-hydrogen) atoms. The van der Waals surface area contributed by atoms with E-state index in [-0.39, 0.29) is 53.8 Å². The number of piperidine rings is 1. The zero-order chi connectivity index (χ0) is 31.8. The lowest BCUT2D eigenvalue weighted by molar-refractivity contribution is -0.162. The molecule has 2 N–H and O–H groups in total. The lowest BCUT2D eigenvalue weighted by Crippen LogP contribution is -2.59. The van der Waals surface area contributed by atoms with Gasteiger partial charge in [0.25, 0.3) is 0 Å². The summed E-state index contributed by atoms with van der Waals surface area (Å²) >= 11 is 0. The van der Waals surface area contributed by atoms with Gasteiger partial charge >= 0.3 is 17.9 Å². The summed E-state index contributed by atoms with van der Waals surface area (Å²) in [5.41, 5.74) is -0.405. The Bertz CT molecular complexity index is 972. The molecule has 8 nitrogen and oxygen atoms in total. The summed E-state index contributed by atoms with van der Waals surface area (Å²) in [6.07, 6.45) is 14.3. The molecule has 0 radical (unpaired) electrons. The summed E-state index contributed by atoms with van der Waals surface area (Å²) in [5, 5.41) is 13.2. The Morgan fingerprint density at radius 3 is 1.93 bits per heavy atom. The van der Waals surface area contributed by atoms with Crippen LogP contribution in [0.25, 0.3) is 0 Å². The summed E-state index contributed by atoms with van der Waals surface area (Å²) < 4.78 is 12.0. The number of nitrogens with one attached hydrogen (secondary N) is 1. The Hall–Kier alpha value is -2.22. The molecule has 0 aromatic carbocycles. The van der Waals surface area contributed by atoms with Gasteiger partial charge in [-0.25, -0.2) is 0 Å². The molecule has 3 atom stereocenters. The van der Waals surface area contributed by atoms with Crippen LogP contribution >= 0.6 is 0 Å². The number of esters is 2. The van der Waals surface area contributed by atoms with Crippen molar-refractivity contribution in [3.63, 3.8) is 0 Å². The van der Waals surface area contributed by atoms with Gasteiger partial charge in [0.2, 0.25) is 0 Å². The maximum atomic E-state index is 13.5. The monoisotopic (exact) mass is 603 g/mol. The van der Waals surface area contributed by atoms with Crippen molar-refractivity contribution >= 4 is 23.7 Å². The van der Waals surface area contributed by atoms with Gasteiger partial charge in [-0.3, -0.25) is 19.2 Å². The van der Waals surface area contributed by atoms with Crippen LogP contribution in [0.3, 0.4) is 0 Å². The number of rotatable bonds is 13. The van der Waals surface area contributed by atoms with E-state index >= 15 is 0 Å². The molecule has 2 saturated carbocycles. The van der Waals surface area contributed by atoms with Gasteiger partial charge in [0.05, 0.1) is 17.8 Å². The molecule has 3 unspecified atom stereocenters. The lowest BCUT2D eigenvalue weighted by atomic mass is 9.80. The number of hydrogen-bond donors (Lipinski definition) is 2. The molecule has 0 bridgehead atoms. The maximum absolute atomic E-state index is 13.5. The molecular weight excluding hydrogens is 546 g/mol. The van der Waals surface area contributed by atoms with E-state index < -0.39 is 29.7 Å². The molecule has 1 saturated heterocycles. The standard InChI is InChI=1S/C35H57NO7/c1-7-25(32(40)42-28-16-13-24(14-17-28)15-18-30(37)26-11-9-8-10-12-26)20-27(19-23(2)31(38)39)33(41)43-29-21-34(3,4)36-35(5,6)22-29/h15,18,23-29,36H,7-14,16-17,19-22H2,1-6H3,(H,38,39)/b18-15+. The molecular formula is C35H57NO7. The number of carbonyl (C=O) groups excluding carboxylic acids is 3. The maximum Gasteiger partial charge on any atom is 0.309 e. The van der Waals surface area contributed by atoms with Crippen LogP contribution in [-0.4, -0.2) is 52.1 Å². The fourth-order valence-corrected chi connectivity index (χ4v) is 7.58. The van der Waals surface area contributed by atoms with Crippen LogP contribution in [0.1, 0.15) is 131 Å². The van der Waals surface area contributed by atoms with E-state index in [1.165, 1.54) is 6.42 Å². The quantitative estimate of drug-likeness (QED) is 0.174. The first-order valence-electron chi connectivity index (χ1n) is 16.8. The number of ketones is 1. The average Bonchev–Trinajstić information content (AvgIpc) is 2.93. The van der Waals surface area contributed by atoms with E-state index in [2.05, 4.69) is 39.1 Å². The molecule has 3 rings (SSSR count). The largest absolute Gasteiger partial charge is 0.481 e. The third kappa shape index (κ3) is 11.3. The summed E-state index contributed by atoms with van der Waals surface area (Å²) in [7, 11) is 0. The summed E-state index contributed by atoms with van der Waals surface area (Å²) in [5.74, 6) is -2.89. The van der Waals surface area contributed by atoms with Gasteiger partial charge < -0.3 is 19.9 Å². The van der Waals surface area contributed by atoms with Crippen molar-refractivity contribution in [2.75, 3.05) is 0 Å². The van der Waals surface area contributed by atoms with Crippen molar-refractivity contribution < 1.29 is 33.8 Å². The van der Waals surface area contributed by atoms with Gasteiger partial charge in [0.1, 0.15) is 12.2 Å². The van der Waals surface area contributed by atoms with E-state index in [0.29, 0.717) is 25.2 Å². The topological polar surface area (TPSA) is 119 Å². The van der Waals surface area contributed by atoms with E-state index in [1.54, 1.807) is 13.0 Å². The third-order valence-corrected chi connectivity index (χ3v) is 9.77. The van der Waals surface area contributed by atoms with E-state index in [1.807, 2.05) is 6.92 Å². The minimum absolute atomic E-state index is 0.118.